The van der Waals surface area contributed by atoms with Gasteiger partial charge in [0.2, 0.25) is 5.91 Å². The lowest BCUT2D eigenvalue weighted by Crippen LogP contribution is -2.48. The van der Waals surface area contributed by atoms with Gasteiger partial charge in [0, 0.05) is 26.2 Å². The lowest BCUT2D eigenvalue weighted by Gasteiger charge is -2.40. The van der Waals surface area contributed by atoms with Crippen LogP contribution in [0.1, 0.15) is 50.6 Å². The van der Waals surface area contributed by atoms with E-state index < -0.39 is 0 Å². The standard InChI is InChI=1S/C26H34N2O3/c1-2-30-23-13-7-8-14-24(23)31-22-15-19-27(20-16-22)25(21-11-5-3-6-12-21)26(29)28-17-9-4-10-18-28/h3,5-8,11-14,22,25H,2,4,9-10,15-20H2,1H3. The lowest BCUT2D eigenvalue weighted by molar-refractivity contribution is -0.139. The van der Waals surface area contributed by atoms with Crippen molar-refractivity contribution in [3.8, 4) is 11.5 Å². The topological polar surface area (TPSA) is 42.0 Å². The molecule has 2 aromatic carbocycles. The number of hydrogen-bond donors (Lipinski definition) is 0. The number of benzene rings is 2. The molecule has 31 heavy (non-hydrogen) atoms. The Morgan fingerprint density at radius 2 is 1.55 bits per heavy atom. The minimum absolute atomic E-state index is 0.138. The van der Waals surface area contributed by atoms with Crippen molar-refractivity contribution >= 4 is 5.91 Å². The fourth-order valence-corrected chi connectivity index (χ4v) is 4.69. The number of carbonyl (C=O) groups excluding carboxylic acids is 1. The molecule has 2 fully saturated rings. The average molecular weight is 423 g/mol. The highest BCUT2D eigenvalue weighted by Crippen LogP contribution is 2.32. The number of nitrogens with zero attached hydrogens (tertiary/aromatic N) is 2. The average Bonchev–Trinajstić information content (AvgIpc) is 2.83. The van der Waals surface area contributed by atoms with E-state index in [1.807, 2.05) is 49.4 Å². The van der Waals surface area contributed by atoms with E-state index in [2.05, 4.69) is 21.9 Å². The number of amides is 1. The first-order chi connectivity index (χ1) is 15.3. The Bertz CT molecular complexity index is 828. The minimum atomic E-state index is -0.198. The van der Waals surface area contributed by atoms with Crippen molar-refractivity contribution in [2.24, 2.45) is 0 Å². The Morgan fingerprint density at radius 3 is 2.23 bits per heavy atom. The smallest absolute Gasteiger partial charge is 0.244 e. The molecule has 0 aromatic heterocycles. The van der Waals surface area contributed by atoms with Crippen molar-refractivity contribution in [1.29, 1.82) is 0 Å². The molecule has 0 bridgehead atoms. The summed E-state index contributed by atoms with van der Waals surface area (Å²) in [5.74, 6) is 1.87. The molecule has 1 unspecified atom stereocenters. The molecule has 0 saturated carbocycles. The first-order valence-electron chi connectivity index (χ1n) is 11.7. The summed E-state index contributed by atoms with van der Waals surface area (Å²) in [7, 11) is 0. The Hall–Kier alpha value is -2.53. The Labute approximate surface area is 185 Å². The third-order valence-electron chi connectivity index (χ3n) is 6.30. The molecular weight excluding hydrogens is 388 g/mol. The molecule has 166 valence electrons. The van der Waals surface area contributed by atoms with Gasteiger partial charge in [-0.15, -0.1) is 0 Å². The van der Waals surface area contributed by atoms with Crippen LogP contribution in [-0.2, 0) is 4.79 Å². The SMILES string of the molecule is CCOc1ccccc1OC1CCN(C(C(=O)N2CCCCC2)c2ccccc2)CC1. The van der Waals surface area contributed by atoms with Gasteiger partial charge in [0.15, 0.2) is 11.5 Å². The fourth-order valence-electron chi connectivity index (χ4n) is 4.69. The molecule has 0 radical (unpaired) electrons. The molecular formula is C26H34N2O3. The molecule has 0 spiro atoms. The van der Waals surface area contributed by atoms with E-state index in [-0.39, 0.29) is 18.1 Å². The molecule has 2 aliphatic rings. The van der Waals surface area contributed by atoms with Crippen LogP contribution in [0.2, 0.25) is 0 Å². The van der Waals surface area contributed by atoms with Gasteiger partial charge in [-0.25, -0.2) is 0 Å². The second kappa shape index (κ2) is 10.7. The maximum Gasteiger partial charge on any atom is 0.244 e. The number of hydrogen-bond acceptors (Lipinski definition) is 4. The van der Waals surface area contributed by atoms with Gasteiger partial charge in [-0.2, -0.15) is 0 Å². The third kappa shape index (κ3) is 5.40. The molecule has 0 N–H and O–H groups in total. The number of carbonyl (C=O) groups is 1. The van der Waals surface area contributed by atoms with Crippen molar-refractivity contribution in [2.75, 3.05) is 32.8 Å². The van der Waals surface area contributed by atoms with E-state index in [1.165, 1.54) is 6.42 Å². The lowest BCUT2D eigenvalue weighted by atomic mass is 9.98. The maximum atomic E-state index is 13.5. The molecule has 5 nitrogen and oxygen atoms in total. The van der Waals surface area contributed by atoms with Crippen LogP contribution in [-0.4, -0.2) is 54.6 Å². The quantitative estimate of drug-likeness (QED) is 0.650. The Balaban J connectivity index is 1.43. The molecule has 2 aromatic rings. The number of para-hydroxylation sites is 2. The van der Waals surface area contributed by atoms with Gasteiger partial charge in [0.25, 0.3) is 0 Å². The summed E-state index contributed by atoms with van der Waals surface area (Å²) < 4.78 is 12.0. The summed E-state index contributed by atoms with van der Waals surface area (Å²) >= 11 is 0. The second-order valence-corrected chi connectivity index (χ2v) is 8.43. The zero-order chi connectivity index (χ0) is 21.5. The van der Waals surface area contributed by atoms with Gasteiger partial charge in [0.05, 0.1) is 6.61 Å². The van der Waals surface area contributed by atoms with Crippen LogP contribution in [0.15, 0.2) is 54.6 Å². The zero-order valence-electron chi connectivity index (χ0n) is 18.5. The van der Waals surface area contributed by atoms with Gasteiger partial charge in [-0.05, 0) is 56.7 Å². The molecule has 5 heteroatoms. The number of rotatable bonds is 7. The van der Waals surface area contributed by atoms with Gasteiger partial charge < -0.3 is 14.4 Å². The predicted molar refractivity (Wildman–Crippen MR) is 122 cm³/mol. The van der Waals surface area contributed by atoms with Crippen LogP contribution in [0.5, 0.6) is 11.5 Å². The maximum absolute atomic E-state index is 13.5. The van der Waals surface area contributed by atoms with Crippen molar-refractivity contribution in [1.82, 2.24) is 9.80 Å². The summed E-state index contributed by atoms with van der Waals surface area (Å²) in [6, 6.07) is 17.9. The van der Waals surface area contributed by atoms with Crippen molar-refractivity contribution < 1.29 is 14.3 Å². The monoisotopic (exact) mass is 422 g/mol. The van der Waals surface area contributed by atoms with Gasteiger partial charge in [-0.3, -0.25) is 9.69 Å². The van der Waals surface area contributed by atoms with Gasteiger partial charge >= 0.3 is 0 Å². The number of ether oxygens (including phenoxy) is 2. The summed E-state index contributed by atoms with van der Waals surface area (Å²) in [6.45, 7) is 6.07. The normalized spacial score (nSPS) is 19.1. The third-order valence-corrected chi connectivity index (χ3v) is 6.30. The summed E-state index contributed by atoms with van der Waals surface area (Å²) in [5.41, 5.74) is 1.10. The van der Waals surface area contributed by atoms with Crippen LogP contribution in [0.3, 0.4) is 0 Å². The number of piperidine rings is 2. The summed E-state index contributed by atoms with van der Waals surface area (Å²) in [4.78, 5) is 17.9. The molecule has 2 saturated heterocycles. The predicted octanol–water partition coefficient (Wildman–Crippen LogP) is 4.68. The molecule has 2 aliphatic heterocycles. The molecule has 4 rings (SSSR count). The van der Waals surface area contributed by atoms with E-state index in [0.29, 0.717) is 6.61 Å². The van der Waals surface area contributed by atoms with Crippen molar-refractivity contribution in [2.45, 2.75) is 51.2 Å². The van der Waals surface area contributed by atoms with E-state index in [0.717, 1.165) is 68.9 Å². The van der Waals surface area contributed by atoms with E-state index in [9.17, 15) is 4.79 Å². The van der Waals surface area contributed by atoms with Gasteiger partial charge in [-0.1, -0.05) is 42.5 Å². The molecule has 2 heterocycles. The zero-order valence-corrected chi connectivity index (χ0v) is 18.5. The van der Waals surface area contributed by atoms with E-state index >= 15 is 0 Å². The van der Waals surface area contributed by atoms with Crippen LogP contribution in [0.4, 0.5) is 0 Å². The second-order valence-electron chi connectivity index (χ2n) is 8.43. The fraction of sp³-hybridized carbons (Fsp3) is 0.500. The number of likely N-dealkylation sites (tertiary alicyclic amines) is 2. The summed E-state index contributed by atoms with van der Waals surface area (Å²) in [6.07, 6.45) is 5.39. The van der Waals surface area contributed by atoms with Gasteiger partial charge in [0.1, 0.15) is 12.1 Å². The molecule has 0 aliphatic carbocycles. The highest BCUT2D eigenvalue weighted by atomic mass is 16.5. The highest BCUT2D eigenvalue weighted by molar-refractivity contribution is 5.83. The van der Waals surface area contributed by atoms with Crippen LogP contribution >= 0.6 is 0 Å². The first kappa shape index (κ1) is 21.7. The largest absolute Gasteiger partial charge is 0.490 e. The minimum Gasteiger partial charge on any atom is -0.490 e. The van der Waals surface area contributed by atoms with Crippen molar-refractivity contribution in [3.63, 3.8) is 0 Å². The van der Waals surface area contributed by atoms with Crippen LogP contribution < -0.4 is 9.47 Å². The highest BCUT2D eigenvalue weighted by Gasteiger charge is 2.34. The van der Waals surface area contributed by atoms with E-state index in [4.69, 9.17) is 9.47 Å². The van der Waals surface area contributed by atoms with E-state index in [1.54, 1.807) is 0 Å². The molecule has 1 atom stereocenters. The van der Waals surface area contributed by atoms with Crippen molar-refractivity contribution in [3.05, 3.63) is 60.2 Å². The van der Waals surface area contributed by atoms with Crippen LogP contribution in [0.25, 0.3) is 0 Å². The summed E-state index contributed by atoms with van der Waals surface area (Å²) in [5, 5.41) is 0. The Morgan fingerprint density at radius 1 is 0.903 bits per heavy atom. The first-order valence-corrected chi connectivity index (χ1v) is 11.7. The molecule has 1 amide bonds. The Kier molecular flexibility index (Phi) is 7.47. The van der Waals surface area contributed by atoms with Crippen LogP contribution in [0, 0.1) is 0 Å².